The molecule has 2 aromatic heterocycles. The van der Waals surface area contributed by atoms with Crippen LogP contribution in [-0.2, 0) is 6.54 Å². The van der Waals surface area contributed by atoms with Crippen LogP contribution in [-0.4, -0.2) is 9.55 Å². The molecular weight excluding hydrogens is 268 g/mol. The van der Waals surface area contributed by atoms with Crippen LogP contribution >= 0.6 is 15.9 Å². The van der Waals surface area contributed by atoms with Crippen molar-refractivity contribution >= 4 is 15.9 Å². The lowest BCUT2D eigenvalue weighted by atomic mass is 9.99. The Morgan fingerprint density at radius 2 is 2.38 bits per heavy atom. The van der Waals surface area contributed by atoms with E-state index in [2.05, 4.69) is 32.4 Å². The molecule has 3 heterocycles. The van der Waals surface area contributed by atoms with Crippen LogP contribution in [0.4, 0.5) is 0 Å². The van der Waals surface area contributed by atoms with Crippen molar-refractivity contribution in [3.8, 4) is 11.6 Å². The molecule has 0 N–H and O–H groups in total. The zero-order chi connectivity index (χ0) is 11.1. The Hall–Kier alpha value is -1.03. The summed E-state index contributed by atoms with van der Waals surface area (Å²) in [6, 6.07) is 3.86. The molecule has 0 amide bonds. The first-order valence-corrected chi connectivity index (χ1v) is 6.36. The topological polar surface area (TPSA) is 31.0 Å². The highest BCUT2D eigenvalue weighted by Crippen LogP contribution is 2.32. The van der Waals surface area contributed by atoms with Crippen LogP contribution in [0.25, 0.3) is 11.6 Å². The van der Waals surface area contributed by atoms with E-state index in [-0.39, 0.29) is 0 Å². The molecule has 16 heavy (non-hydrogen) atoms. The summed E-state index contributed by atoms with van der Waals surface area (Å²) in [4.78, 5) is 4.48. The third kappa shape index (κ3) is 1.52. The molecule has 1 unspecified atom stereocenters. The van der Waals surface area contributed by atoms with E-state index in [0.717, 1.165) is 22.8 Å². The fourth-order valence-corrected chi connectivity index (χ4v) is 2.66. The van der Waals surface area contributed by atoms with Crippen molar-refractivity contribution in [3.05, 3.63) is 28.7 Å². The van der Waals surface area contributed by atoms with Gasteiger partial charge in [-0.25, -0.2) is 4.98 Å². The Morgan fingerprint density at radius 3 is 3.12 bits per heavy atom. The van der Waals surface area contributed by atoms with Gasteiger partial charge in [0.1, 0.15) is 0 Å². The highest BCUT2D eigenvalue weighted by molar-refractivity contribution is 9.10. The number of hydrogen-bond acceptors (Lipinski definition) is 2. The maximum absolute atomic E-state index is 5.56. The Balaban J connectivity index is 2.09. The quantitative estimate of drug-likeness (QED) is 0.796. The summed E-state index contributed by atoms with van der Waals surface area (Å²) in [7, 11) is 0. The first-order chi connectivity index (χ1) is 7.75. The second-order valence-corrected chi connectivity index (χ2v) is 5.09. The van der Waals surface area contributed by atoms with Gasteiger partial charge in [0.15, 0.2) is 16.3 Å². The molecular formula is C12H13BrN2O. The number of nitrogens with zero attached hydrogens (tertiary/aromatic N) is 2. The number of aromatic nitrogens is 2. The third-order valence-electron chi connectivity index (χ3n) is 3.20. The van der Waals surface area contributed by atoms with Crippen molar-refractivity contribution in [2.24, 2.45) is 0 Å². The Labute approximate surface area is 103 Å². The van der Waals surface area contributed by atoms with Crippen LogP contribution in [0.5, 0.6) is 0 Å². The molecule has 0 saturated carbocycles. The predicted molar refractivity (Wildman–Crippen MR) is 65.3 cm³/mol. The average Bonchev–Trinajstić information content (AvgIpc) is 2.84. The molecule has 0 radical (unpaired) electrons. The Morgan fingerprint density at radius 1 is 1.50 bits per heavy atom. The normalized spacial score (nSPS) is 19.8. The van der Waals surface area contributed by atoms with Crippen molar-refractivity contribution in [2.75, 3.05) is 0 Å². The van der Waals surface area contributed by atoms with E-state index in [1.54, 1.807) is 0 Å². The number of fused-ring (bicyclic) bond motifs is 1. The van der Waals surface area contributed by atoms with Gasteiger partial charge in [-0.15, -0.1) is 0 Å². The summed E-state index contributed by atoms with van der Waals surface area (Å²) in [6.07, 6.45) is 4.46. The highest BCUT2D eigenvalue weighted by Gasteiger charge is 2.21. The summed E-state index contributed by atoms with van der Waals surface area (Å²) < 4.78 is 8.59. The molecule has 84 valence electrons. The van der Waals surface area contributed by atoms with E-state index < -0.39 is 0 Å². The number of imidazole rings is 1. The van der Waals surface area contributed by atoms with Crippen LogP contribution in [0.1, 0.15) is 31.4 Å². The predicted octanol–water partition coefficient (Wildman–Crippen LogP) is 3.80. The van der Waals surface area contributed by atoms with Crippen molar-refractivity contribution < 1.29 is 4.42 Å². The van der Waals surface area contributed by atoms with E-state index in [0.29, 0.717) is 5.92 Å². The van der Waals surface area contributed by atoms with Crippen LogP contribution in [0.2, 0.25) is 0 Å². The fraction of sp³-hybridized carbons (Fsp3) is 0.417. The highest BCUT2D eigenvalue weighted by atomic mass is 79.9. The fourth-order valence-electron chi connectivity index (χ4n) is 2.35. The van der Waals surface area contributed by atoms with Gasteiger partial charge in [-0.3, -0.25) is 0 Å². The Kier molecular flexibility index (Phi) is 2.39. The standard InChI is InChI=1S/C12H13BrN2O/c1-8-3-2-6-15-9(8)7-14-12(15)10-4-5-11(13)16-10/h4-5,7-8H,2-3,6H2,1H3. The van der Waals surface area contributed by atoms with E-state index in [9.17, 15) is 0 Å². The molecule has 1 aliphatic heterocycles. The average molecular weight is 281 g/mol. The summed E-state index contributed by atoms with van der Waals surface area (Å²) in [5.41, 5.74) is 1.33. The van der Waals surface area contributed by atoms with Crippen molar-refractivity contribution in [1.29, 1.82) is 0 Å². The van der Waals surface area contributed by atoms with Crippen molar-refractivity contribution in [1.82, 2.24) is 9.55 Å². The van der Waals surface area contributed by atoms with E-state index in [1.807, 2.05) is 18.3 Å². The zero-order valence-electron chi connectivity index (χ0n) is 9.11. The minimum absolute atomic E-state index is 0.605. The monoisotopic (exact) mass is 280 g/mol. The van der Waals surface area contributed by atoms with Crippen LogP contribution in [0, 0.1) is 0 Å². The minimum atomic E-state index is 0.605. The van der Waals surface area contributed by atoms with Gasteiger partial charge in [0.05, 0.1) is 0 Å². The lowest BCUT2D eigenvalue weighted by molar-refractivity contribution is 0.470. The lowest BCUT2D eigenvalue weighted by Gasteiger charge is -2.21. The van der Waals surface area contributed by atoms with Gasteiger partial charge in [0.25, 0.3) is 0 Å². The van der Waals surface area contributed by atoms with Gasteiger partial charge in [0.2, 0.25) is 0 Å². The molecule has 0 aliphatic carbocycles. The molecule has 3 nitrogen and oxygen atoms in total. The molecule has 0 bridgehead atoms. The number of hydrogen-bond donors (Lipinski definition) is 0. The lowest BCUT2D eigenvalue weighted by Crippen LogP contribution is -2.13. The molecule has 0 saturated heterocycles. The Bertz CT molecular complexity index is 515. The summed E-state index contributed by atoms with van der Waals surface area (Å²) >= 11 is 3.32. The van der Waals surface area contributed by atoms with Gasteiger partial charge in [-0.2, -0.15) is 0 Å². The molecule has 1 atom stereocenters. The molecule has 2 aromatic rings. The van der Waals surface area contributed by atoms with Gasteiger partial charge >= 0.3 is 0 Å². The van der Waals surface area contributed by atoms with Gasteiger partial charge in [-0.05, 0) is 46.8 Å². The van der Waals surface area contributed by atoms with Gasteiger partial charge < -0.3 is 8.98 Å². The molecule has 0 spiro atoms. The van der Waals surface area contributed by atoms with Crippen LogP contribution in [0.15, 0.2) is 27.4 Å². The second kappa shape index (κ2) is 3.77. The van der Waals surface area contributed by atoms with Crippen LogP contribution in [0.3, 0.4) is 0 Å². The van der Waals surface area contributed by atoms with Crippen LogP contribution < -0.4 is 0 Å². The van der Waals surface area contributed by atoms with Gasteiger partial charge in [0, 0.05) is 18.4 Å². The SMILES string of the molecule is CC1CCCn2c1cnc2-c1ccc(Br)o1. The van der Waals surface area contributed by atoms with E-state index >= 15 is 0 Å². The largest absolute Gasteiger partial charge is 0.446 e. The summed E-state index contributed by atoms with van der Waals surface area (Å²) in [6.45, 7) is 3.31. The van der Waals surface area contributed by atoms with Gasteiger partial charge in [-0.1, -0.05) is 6.92 Å². The molecule has 3 rings (SSSR count). The van der Waals surface area contributed by atoms with E-state index in [4.69, 9.17) is 4.42 Å². The van der Waals surface area contributed by atoms with Crippen molar-refractivity contribution in [3.63, 3.8) is 0 Å². The number of rotatable bonds is 1. The third-order valence-corrected chi connectivity index (χ3v) is 3.63. The first-order valence-electron chi connectivity index (χ1n) is 5.57. The van der Waals surface area contributed by atoms with E-state index in [1.165, 1.54) is 18.5 Å². The maximum Gasteiger partial charge on any atom is 0.176 e. The maximum atomic E-state index is 5.56. The smallest absolute Gasteiger partial charge is 0.176 e. The molecule has 4 heteroatoms. The van der Waals surface area contributed by atoms with Crippen molar-refractivity contribution in [2.45, 2.75) is 32.2 Å². The second-order valence-electron chi connectivity index (χ2n) is 4.31. The zero-order valence-corrected chi connectivity index (χ0v) is 10.7. The number of furan rings is 1. The summed E-state index contributed by atoms with van der Waals surface area (Å²) in [5.74, 6) is 2.40. The number of halogens is 1. The molecule has 0 fully saturated rings. The first kappa shape index (κ1) is 10.1. The molecule has 0 aromatic carbocycles. The minimum Gasteiger partial charge on any atom is -0.446 e. The summed E-state index contributed by atoms with van der Waals surface area (Å²) in [5, 5.41) is 0. The molecule has 1 aliphatic rings.